The van der Waals surface area contributed by atoms with Crippen LogP contribution in [0.2, 0.25) is 0 Å². The molecule has 0 radical (unpaired) electrons. The summed E-state index contributed by atoms with van der Waals surface area (Å²) in [5, 5.41) is 11.2. The van der Waals surface area contributed by atoms with Crippen molar-refractivity contribution in [1.82, 2.24) is 5.32 Å². The van der Waals surface area contributed by atoms with E-state index in [4.69, 9.17) is 5.11 Å². The number of hydrogen-bond donors (Lipinski definition) is 2. The SMILES string of the molecule is O=C(O)[C@H]1C[C@@H]1C(=O)NCc1cccc(OC(F)(F)F)c1. The summed E-state index contributed by atoms with van der Waals surface area (Å²) in [5.74, 6) is -3.02. The number of halogens is 3. The molecule has 0 aromatic heterocycles. The summed E-state index contributed by atoms with van der Waals surface area (Å²) in [4.78, 5) is 22.2. The first-order valence-corrected chi connectivity index (χ1v) is 6.11. The number of ether oxygens (including phenoxy) is 1. The van der Waals surface area contributed by atoms with Gasteiger partial charge in [0.05, 0.1) is 11.8 Å². The van der Waals surface area contributed by atoms with Gasteiger partial charge in [-0.2, -0.15) is 0 Å². The number of rotatable bonds is 5. The maximum absolute atomic E-state index is 12.1. The van der Waals surface area contributed by atoms with Crippen LogP contribution >= 0.6 is 0 Å². The van der Waals surface area contributed by atoms with Crippen molar-refractivity contribution in [3.8, 4) is 5.75 Å². The van der Waals surface area contributed by atoms with Crippen LogP contribution in [-0.4, -0.2) is 23.3 Å². The zero-order valence-electron chi connectivity index (χ0n) is 10.7. The molecule has 2 N–H and O–H groups in total. The fourth-order valence-corrected chi connectivity index (χ4v) is 1.93. The van der Waals surface area contributed by atoms with Crippen LogP contribution in [0.1, 0.15) is 12.0 Å². The average Bonchev–Trinajstić information content (AvgIpc) is 3.14. The highest BCUT2D eigenvalue weighted by Crippen LogP contribution is 2.38. The largest absolute Gasteiger partial charge is 0.573 e. The van der Waals surface area contributed by atoms with Gasteiger partial charge in [0.25, 0.3) is 0 Å². The summed E-state index contributed by atoms with van der Waals surface area (Å²) in [5.41, 5.74) is 0.428. The van der Waals surface area contributed by atoms with Crippen LogP contribution < -0.4 is 10.1 Å². The molecule has 1 aromatic rings. The maximum Gasteiger partial charge on any atom is 0.573 e. The van der Waals surface area contributed by atoms with E-state index < -0.39 is 30.1 Å². The van der Waals surface area contributed by atoms with Gasteiger partial charge in [-0.1, -0.05) is 12.1 Å². The lowest BCUT2D eigenvalue weighted by atomic mass is 10.2. The van der Waals surface area contributed by atoms with E-state index in [2.05, 4.69) is 10.1 Å². The van der Waals surface area contributed by atoms with Crippen molar-refractivity contribution in [2.24, 2.45) is 11.8 Å². The number of aliphatic carboxylic acids is 1. The molecule has 1 saturated carbocycles. The molecule has 2 rings (SSSR count). The van der Waals surface area contributed by atoms with E-state index >= 15 is 0 Å². The molecule has 0 bridgehead atoms. The second-order valence-corrected chi connectivity index (χ2v) is 4.70. The molecule has 114 valence electrons. The Morgan fingerprint density at radius 1 is 1.33 bits per heavy atom. The fourth-order valence-electron chi connectivity index (χ4n) is 1.93. The lowest BCUT2D eigenvalue weighted by Crippen LogP contribution is -2.26. The normalized spacial score (nSPS) is 20.7. The number of carbonyl (C=O) groups is 2. The van der Waals surface area contributed by atoms with Crippen LogP contribution in [-0.2, 0) is 16.1 Å². The third kappa shape index (κ3) is 4.37. The first kappa shape index (κ1) is 15.1. The van der Waals surface area contributed by atoms with Crippen LogP contribution in [0.5, 0.6) is 5.75 Å². The summed E-state index contributed by atoms with van der Waals surface area (Å²) in [6.45, 7) is 0.0106. The molecule has 5 nitrogen and oxygen atoms in total. The smallest absolute Gasteiger partial charge is 0.481 e. The Morgan fingerprint density at radius 3 is 2.62 bits per heavy atom. The van der Waals surface area contributed by atoms with Gasteiger partial charge in [0.1, 0.15) is 5.75 Å². The van der Waals surface area contributed by atoms with E-state index in [0.29, 0.717) is 12.0 Å². The number of hydrogen-bond acceptors (Lipinski definition) is 3. The van der Waals surface area contributed by atoms with Crippen molar-refractivity contribution < 1.29 is 32.6 Å². The number of amides is 1. The highest BCUT2D eigenvalue weighted by Gasteiger charge is 2.48. The van der Waals surface area contributed by atoms with E-state index in [1.165, 1.54) is 12.1 Å². The number of benzene rings is 1. The van der Waals surface area contributed by atoms with Crippen LogP contribution in [0.25, 0.3) is 0 Å². The van der Waals surface area contributed by atoms with E-state index in [1.54, 1.807) is 0 Å². The molecule has 0 spiro atoms. The Labute approximate surface area is 117 Å². The van der Waals surface area contributed by atoms with Crippen LogP contribution in [0, 0.1) is 11.8 Å². The van der Waals surface area contributed by atoms with Gasteiger partial charge in [-0.05, 0) is 24.1 Å². The zero-order chi connectivity index (χ0) is 15.6. The molecule has 1 aliphatic rings. The summed E-state index contributed by atoms with van der Waals surface area (Å²) in [6, 6.07) is 5.22. The standard InChI is InChI=1S/C13H12F3NO4/c14-13(15,16)21-8-3-1-2-7(4-8)6-17-11(18)9-5-10(9)12(19)20/h1-4,9-10H,5-6H2,(H,17,18)(H,19,20)/t9-,10-/m0/s1. The number of alkyl halides is 3. The highest BCUT2D eigenvalue weighted by atomic mass is 19.4. The second-order valence-electron chi connectivity index (χ2n) is 4.70. The maximum atomic E-state index is 12.1. The lowest BCUT2D eigenvalue weighted by Gasteiger charge is -2.10. The number of carbonyl (C=O) groups excluding carboxylic acids is 1. The number of nitrogens with one attached hydrogen (secondary N) is 1. The minimum Gasteiger partial charge on any atom is -0.481 e. The van der Waals surface area contributed by atoms with Gasteiger partial charge in [0.2, 0.25) is 5.91 Å². The quantitative estimate of drug-likeness (QED) is 0.871. The van der Waals surface area contributed by atoms with Gasteiger partial charge in [-0.3, -0.25) is 9.59 Å². The van der Waals surface area contributed by atoms with Crippen molar-refractivity contribution >= 4 is 11.9 Å². The van der Waals surface area contributed by atoms with Crippen molar-refractivity contribution in [3.05, 3.63) is 29.8 Å². The Balaban J connectivity index is 1.88. The zero-order valence-corrected chi connectivity index (χ0v) is 10.7. The fraction of sp³-hybridized carbons (Fsp3) is 0.385. The predicted octanol–water partition coefficient (Wildman–Crippen LogP) is 1.92. The molecule has 1 aromatic carbocycles. The first-order chi connectivity index (χ1) is 9.76. The second kappa shape index (κ2) is 5.63. The van der Waals surface area contributed by atoms with Gasteiger partial charge in [-0.25, -0.2) is 0 Å². The molecule has 1 aliphatic carbocycles. The molecule has 0 aliphatic heterocycles. The highest BCUT2D eigenvalue weighted by molar-refractivity contribution is 5.89. The Hall–Kier alpha value is -2.25. The van der Waals surface area contributed by atoms with Crippen LogP contribution in [0.3, 0.4) is 0 Å². The topological polar surface area (TPSA) is 75.6 Å². The monoisotopic (exact) mass is 303 g/mol. The molecule has 0 heterocycles. The Morgan fingerprint density at radius 2 is 2.05 bits per heavy atom. The van der Waals surface area contributed by atoms with E-state index in [9.17, 15) is 22.8 Å². The van der Waals surface area contributed by atoms with Crippen molar-refractivity contribution in [2.75, 3.05) is 0 Å². The summed E-state index contributed by atoms with van der Waals surface area (Å²) < 4.78 is 40.0. The van der Waals surface area contributed by atoms with Gasteiger partial charge in [0.15, 0.2) is 0 Å². The van der Waals surface area contributed by atoms with Crippen molar-refractivity contribution in [1.29, 1.82) is 0 Å². The molecule has 2 atom stereocenters. The summed E-state index contributed by atoms with van der Waals surface area (Å²) >= 11 is 0. The minimum absolute atomic E-state index is 0.0106. The van der Waals surface area contributed by atoms with Crippen LogP contribution in [0.15, 0.2) is 24.3 Å². The van der Waals surface area contributed by atoms with Gasteiger partial charge >= 0.3 is 12.3 Å². The molecule has 1 fully saturated rings. The molecular formula is C13H12F3NO4. The third-order valence-corrected chi connectivity index (χ3v) is 3.04. The van der Waals surface area contributed by atoms with E-state index in [1.807, 2.05) is 0 Å². The summed E-state index contributed by atoms with van der Waals surface area (Å²) in [7, 11) is 0. The van der Waals surface area contributed by atoms with Gasteiger partial charge < -0.3 is 15.2 Å². The molecule has 21 heavy (non-hydrogen) atoms. The van der Waals surface area contributed by atoms with E-state index in [0.717, 1.165) is 12.1 Å². The molecule has 1 amide bonds. The van der Waals surface area contributed by atoms with Gasteiger partial charge in [0, 0.05) is 6.54 Å². The lowest BCUT2D eigenvalue weighted by molar-refractivity contribution is -0.274. The minimum atomic E-state index is -4.77. The van der Waals surface area contributed by atoms with Crippen molar-refractivity contribution in [3.63, 3.8) is 0 Å². The molecule has 0 unspecified atom stereocenters. The molecule has 0 saturated heterocycles. The number of carboxylic acids is 1. The Kier molecular flexibility index (Phi) is 4.06. The Bertz CT molecular complexity index is 559. The molecule has 8 heteroatoms. The van der Waals surface area contributed by atoms with E-state index in [-0.39, 0.29) is 12.3 Å². The average molecular weight is 303 g/mol. The predicted molar refractivity (Wildman–Crippen MR) is 64.2 cm³/mol. The van der Waals surface area contributed by atoms with Gasteiger partial charge in [-0.15, -0.1) is 13.2 Å². The first-order valence-electron chi connectivity index (χ1n) is 6.11. The molecular weight excluding hydrogens is 291 g/mol. The van der Waals surface area contributed by atoms with Crippen molar-refractivity contribution in [2.45, 2.75) is 19.3 Å². The van der Waals surface area contributed by atoms with Crippen LogP contribution in [0.4, 0.5) is 13.2 Å². The number of carboxylic acid groups (broad SMARTS) is 1. The summed E-state index contributed by atoms with van der Waals surface area (Å²) in [6.07, 6.45) is -4.48. The third-order valence-electron chi connectivity index (χ3n) is 3.04.